The van der Waals surface area contributed by atoms with Gasteiger partial charge < -0.3 is 4.90 Å². The summed E-state index contributed by atoms with van der Waals surface area (Å²) in [5, 5.41) is 0. The van der Waals surface area contributed by atoms with Crippen molar-refractivity contribution in [3.8, 4) is 0 Å². The van der Waals surface area contributed by atoms with Crippen molar-refractivity contribution >= 4 is 5.91 Å². The fourth-order valence-corrected chi connectivity index (χ4v) is 3.41. The topological polar surface area (TPSA) is 36.4 Å². The van der Waals surface area contributed by atoms with E-state index in [1.807, 2.05) is 35.0 Å². The summed E-state index contributed by atoms with van der Waals surface area (Å²) >= 11 is 0. The van der Waals surface area contributed by atoms with Crippen LogP contribution in [0.5, 0.6) is 0 Å². The van der Waals surface area contributed by atoms with Crippen LogP contribution in [-0.4, -0.2) is 40.8 Å². The Morgan fingerprint density at radius 1 is 1.24 bits per heavy atom. The molecule has 1 saturated heterocycles. The minimum absolute atomic E-state index is 0.0464. The molecule has 3 rings (SSSR count). The molecule has 2 aromatic rings. The number of halogens is 1. The molecule has 1 amide bonds. The predicted molar refractivity (Wildman–Crippen MR) is 95.3 cm³/mol. The van der Waals surface area contributed by atoms with E-state index in [2.05, 4.69) is 4.98 Å². The Kier molecular flexibility index (Phi) is 5.76. The van der Waals surface area contributed by atoms with Gasteiger partial charge in [0.2, 0.25) is 5.91 Å². The van der Waals surface area contributed by atoms with Crippen LogP contribution in [0.15, 0.2) is 48.7 Å². The highest BCUT2D eigenvalue weighted by atomic mass is 19.1. The summed E-state index contributed by atoms with van der Waals surface area (Å²) in [6.45, 7) is 1.76. The molecule has 0 aliphatic carbocycles. The number of benzene rings is 1. The zero-order valence-electron chi connectivity index (χ0n) is 14.6. The van der Waals surface area contributed by atoms with Gasteiger partial charge in [0, 0.05) is 19.3 Å². The zero-order valence-corrected chi connectivity index (χ0v) is 14.6. The number of likely N-dealkylation sites (N-methyl/N-ethyl adjacent to an activating group) is 1. The SMILES string of the molecule is CN(CC(=O)N1CCCC[C@H]1c1ccc(F)cc1)Cc1ccccn1. The molecule has 1 aliphatic rings. The average molecular weight is 341 g/mol. The molecule has 1 fully saturated rings. The van der Waals surface area contributed by atoms with E-state index in [0.29, 0.717) is 13.1 Å². The summed E-state index contributed by atoms with van der Waals surface area (Å²) in [4.78, 5) is 21.1. The standard InChI is InChI=1S/C20H24FN3O/c1-23(14-18-6-2-4-12-22-18)15-20(25)24-13-5-3-7-19(24)16-8-10-17(21)11-9-16/h2,4,6,8-12,19H,3,5,7,13-15H2,1H3/t19-/m0/s1. The molecule has 132 valence electrons. The van der Waals surface area contributed by atoms with Gasteiger partial charge in [-0.05, 0) is 56.1 Å². The van der Waals surface area contributed by atoms with Gasteiger partial charge in [0.1, 0.15) is 5.82 Å². The first-order chi connectivity index (χ1) is 12.1. The van der Waals surface area contributed by atoms with Gasteiger partial charge >= 0.3 is 0 Å². The highest BCUT2D eigenvalue weighted by Crippen LogP contribution is 2.31. The number of carbonyl (C=O) groups is 1. The summed E-state index contributed by atoms with van der Waals surface area (Å²) in [6.07, 6.45) is 4.81. The Bertz CT molecular complexity index is 690. The number of piperidine rings is 1. The molecule has 0 unspecified atom stereocenters. The van der Waals surface area contributed by atoms with Gasteiger partial charge in [-0.25, -0.2) is 4.39 Å². The van der Waals surface area contributed by atoms with E-state index in [0.717, 1.165) is 37.1 Å². The number of carbonyl (C=O) groups excluding carboxylic acids is 1. The quantitative estimate of drug-likeness (QED) is 0.836. The molecule has 2 heterocycles. The lowest BCUT2D eigenvalue weighted by Crippen LogP contribution is -2.43. The van der Waals surface area contributed by atoms with Gasteiger partial charge in [0.25, 0.3) is 0 Å². The van der Waals surface area contributed by atoms with Crippen LogP contribution in [0.4, 0.5) is 4.39 Å². The van der Waals surface area contributed by atoms with Crippen molar-refractivity contribution in [1.82, 2.24) is 14.8 Å². The fourth-order valence-electron chi connectivity index (χ4n) is 3.41. The van der Waals surface area contributed by atoms with Crippen molar-refractivity contribution in [2.45, 2.75) is 31.8 Å². The largest absolute Gasteiger partial charge is 0.335 e. The summed E-state index contributed by atoms with van der Waals surface area (Å²) < 4.78 is 13.2. The maximum atomic E-state index is 13.2. The Labute approximate surface area is 148 Å². The highest BCUT2D eigenvalue weighted by Gasteiger charge is 2.28. The Morgan fingerprint density at radius 3 is 2.76 bits per heavy atom. The number of nitrogens with zero attached hydrogens (tertiary/aromatic N) is 3. The Hall–Kier alpha value is -2.27. The first-order valence-electron chi connectivity index (χ1n) is 8.77. The van der Waals surface area contributed by atoms with E-state index in [9.17, 15) is 9.18 Å². The maximum Gasteiger partial charge on any atom is 0.237 e. The van der Waals surface area contributed by atoms with E-state index in [1.54, 1.807) is 18.3 Å². The van der Waals surface area contributed by atoms with Gasteiger partial charge in [-0.15, -0.1) is 0 Å². The predicted octanol–water partition coefficient (Wildman–Crippen LogP) is 3.41. The Morgan fingerprint density at radius 2 is 2.04 bits per heavy atom. The van der Waals surface area contributed by atoms with E-state index >= 15 is 0 Å². The van der Waals surface area contributed by atoms with Crippen LogP contribution in [0.3, 0.4) is 0 Å². The molecule has 0 bridgehead atoms. The second-order valence-electron chi connectivity index (χ2n) is 6.64. The number of hydrogen-bond acceptors (Lipinski definition) is 3. The summed E-state index contributed by atoms with van der Waals surface area (Å²) in [7, 11) is 1.93. The molecule has 1 aromatic carbocycles. The van der Waals surface area contributed by atoms with E-state index in [4.69, 9.17) is 0 Å². The number of pyridine rings is 1. The monoisotopic (exact) mass is 341 g/mol. The number of likely N-dealkylation sites (tertiary alicyclic amines) is 1. The molecule has 4 nitrogen and oxygen atoms in total. The normalized spacial score (nSPS) is 17.7. The molecule has 0 saturated carbocycles. The van der Waals surface area contributed by atoms with Gasteiger partial charge in [0.05, 0.1) is 18.3 Å². The van der Waals surface area contributed by atoms with E-state index < -0.39 is 0 Å². The second kappa shape index (κ2) is 8.21. The lowest BCUT2D eigenvalue weighted by atomic mass is 9.95. The molecule has 1 aromatic heterocycles. The van der Waals surface area contributed by atoms with Crippen LogP contribution in [-0.2, 0) is 11.3 Å². The summed E-state index contributed by atoms with van der Waals surface area (Å²) in [5.74, 6) is -0.125. The van der Waals surface area contributed by atoms with Crippen LogP contribution in [0.2, 0.25) is 0 Å². The van der Waals surface area contributed by atoms with Gasteiger partial charge in [-0.1, -0.05) is 18.2 Å². The van der Waals surface area contributed by atoms with Crippen LogP contribution in [0, 0.1) is 5.82 Å². The molecular formula is C20H24FN3O. The second-order valence-corrected chi connectivity index (χ2v) is 6.64. The molecule has 1 atom stereocenters. The average Bonchev–Trinajstić information content (AvgIpc) is 2.63. The lowest BCUT2D eigenvalue weighted by Gasteiger charge is -2.37. The van der Waals surface area contributed by atoms with Crippen molar-refractivity contribution in [1.29, 1.82) is 0 Å². The highest BCUT2D eigenvalue weighted by molar-refractivity contribution is 5.79. The van der Waals surface area contributed by atoms with Crippen molar-refractivity contribution < 1.29 is 9.18 Å². The summed E-state index contributed by atoms with van der Waals surface area (Å²) in [5.41, 5.74) is 1.97. The molecule has 0 N–H and O–H groups in total. The van der Waals surface area contributed by atoms with Gasteiger partial charge in [-0.3, -0.25) is 14.7 Å². The van der Waals surface area contributed by atoms with Crippen molar-refractivity contribution in [2.75, 3.05) is 20.1 Å². The minimum atomic E-state index is -0.243. The molecule has 1 aliphatic heterocycles. The van der Waals surface area contributed by atoms with E-state index in [1.165, 1.54) is 12.1 Å². The first kappa shape index (κ1) is 17.5. The van der Waals surface area contributed by atoms with Crippen LogP contribution in [0.25, 0.3) is 0 Å². The molecule has 5 heteroatoms. The molecule has 0 spiro atoms. The smallest absolute Gasteiger partial charge is 0.237 e. The first-order valence-corrected chi connectivity index (χ1v) is 8.77. The molecule has 25 heavy (non-hydrogen) atoms. The number of hydrogen-bond donors (Lipinski definition) is 0. The van der Waals surface area contributed by atoms with E-state index in [-0.39, 0.29) is 17.8 Å². The zero-order chi connectivity index (χ0) is 17.6. The van der Waals surface area contributed by atoms with Crippen molar-refractivity contribution in [3.05, 3.63) is 65.7 Å². The third-order valence-corrected chi connectivity index (χ3v) is 4.64. The van der Waals surface area contributed by atoms with Crippen LogP contribution < -0.4 is 0 Å². The van der Waals surface area contributed by atoms with Crippen molar-refractivity contribution in [2.24, 2.45) is 0 Å². The Balaban J connectivity index is 1.65. The maximum absolute atomic E-state index is 13.2. The summed E-state index contributed by atoms with van der Waals surface area (Å²) in [6, 6.07) is 12.4. The van der Waals surface area contributed by atoms with Gasteiger partial charge in [0.15, 0.2) is 0 Å². The number of aromatic nitrogens is 1. The third kappa shape index (κ3) is 4.63. The van der Waals surface area contributed by atoms with Crippen LogP contribution in [0.1, 0.15) is 36.6 Å². The molecule has 0 radical (unpaired) electrons. The number of rotatable bonds is 5. The fraction of sp³-hybridized carbons (Fsp3) is 0.400. The molecular weight excluding hydrogens is 317 g/mol. The lowest BCUT2D eigenvalue weighted by molar-refractivity contribution is -0.136. The van der Waals surface area contributed by atoms with Crippen molar-refractivity contribution in [3.63, 3.8) is 0 Å². The number of amides is 1. The van der Waals surface area contributed by atoms with Gasteiger partial charge in [-0.2, -0.15) is 0 Å². The minimum Gasteiger partial charge on any atom is -0.335 e. The third-order valence-electron chi connectivity index (χ3n) is 4.64. The van der Waals surface area contributed by atoms with Crippen LogP contribution >= 0.6 is 0 Å².